The highest BCUT2D eigenvalue weighted by atomic mass is 35.5. The first-order valence-corrected chi connectivity index (χ1v) is 9.13. The van der Waals surface area contributed by atoms with Crippen molar-refractivity contribution in [3.8, 4) is 5.75 Å². The number of benzene rings is 1. The fraction of sp³-hybridized carbons (Fsp3) is 0.526. The van der Waals surface area contributed by atoms with Gasteiger partial charge in [0.1, 0.15) is 12.4 Å². The SMILES string of the molecule is CC1CCN(CCCNC(=O)C2=Cc3cc(Cl)ccc3OC2)CC1. The summed E-state index contributed by atoms with van der Waals surface area (Å²) in [5.41, 5.74) is 1.51. The lowest BCUT2D eigenvalue weighted by Crippen LogP contribution is -2.36. The summed E-state index contributed by atoms with van der Waals surface area (Å²) in [5.74, 6) is 1.58. The van der Waals surface area contributed by atoms with E-state index < -0.39 is 0 Å². The fourth-order valence-electron chi connectivity index (χ4n) is 3.18. The molecule has 4 nitrogen and oxygen atoms in total. The van der Waals surface area contributed by atoms with Crippen LogP contribution >= 0.6 is 11.6 Å². The molecule has 1 saturated heterocycles. The Hall–Kier alpha value is -1.52. The van der Waals surface area contributed by atoms with Crippen molar-refractivity contribution in [1.29, 1.82) is 0 Å². The highest BCUT2D eigenvalue weighted by Crippen LogP contribution is 2.28. The predicted molar refractivity (Wildman–Crippen MR) is 97.4 cm³/mol. The fourth-order valence-corrected chi connectivity index (χ4v) is 3.36. The Morgan fingerprint density at radius 1 is 1.38 bits per heavy atom. The van der Waals surface area contributed by atoms with Gasteiger partial charge in [-0.15, -0.1) is 0 Å². The second kappa shape index (κ2) is 8.04. The minimum Gasteiger partial charge on any atom is -0.488 e. The summed E-state index contributed by atoms with van der Waals surface area (Å²) in [6.45, 7) is 6.76. The van der Waals surface area contributed by atoms with E-state index in [1.54, 1.807) is 6.07 Å². The number of nitrogens with one attached hydrogen (secondary N) is 1. The Labute approximate surface area is 148 Å². The van der Waals surface area contributed by atoms with Crippen molar-refractivity contribution in [1.82, 2.24) is 10.2 Å². The van der Waals surface area contributed by atoms with Crippen molar-refractivity contribution < 1.29 is 9.53 Å². The molecule has 0 saturated carbocycles. The van der Waals surface area contributed by atoms with Crippen LogP contribution in [0.1, 0.15) is 31.7 Å². The third-order valence-electron chi connectivity index (χ3n) is 4.79. The summed E-state index contributed by atoms with van der Waals surface area (Å²) < 4.78 is 5.63. The molecule has 1 aromatic carbocycles. The van der Waals surface area contributed by atoms with Gasteiger partial charge >= 0.3 is 0 Å². The summed E-state index contributed by atoms with van der Waals surface area (Å²) in [7, 11) is 0. The number of hydrogen-bond acceptors (Lipinski definition) is 3. The molecule has 0 aromatic heterocycles. The molecule has 2 aliphatic rings. The number of piperidine rings is 1. The van der Waals surface area contributed by atoms with E-state index >= 15 is 0 Å². The largest absolute Gasteiger partial charge is 0.488 e. The van der Waals surface area contributed by atoms with Gasteiger partial charge in [0.05, 0.1) is 5.57 Å². The van der Waals surface area contributed by atoms with Crippen LogP contribution in [0.5, 0.6) is 5.75 Å². The standard InChI is InChI=1S/C19H25ClN2O2/c1-14-5-9-22(10-6-14)8-2-7-21-19(23)16-11-15-12-17(20)3-4-18(15)24-13-16/h3-4,11-12,14H,2,5-10,13H2,1H3,(H,21,23). The molecule has 1 N–H and O–H groups in total. The van der Waals surface area contributed by atoms with Gasteiger partial charge in [0.25, 0.3) is 5.91 Å². The molecule has 1 amide bonds. The monoisotopic (exact) mass is 348 g/mol. The van der Waals surface area contributed by atoms with Gasteiger partial charge in [-0.1, -0.05) is 18.5 Å². The van der Waals surface area contributed by atoms with E-state index in [2.05, 4.69) is 17.1 Å². The molecule has 2 heterocycles. The van der Waals surface area contributed by atoms with Crippen LogP contribution in [0.3, 0.4) is 0 Å². The van der Waals surface area contributed by atoms with Gasteiger partial charge in [0.2, 0.25) is 0 Å². The molecule has 0 atom stereocenters. The number of carbonyl (C=O) groups excluding carboxylic acids is 1. The van der Waals surface area contributed by atoms with Crippen molar-refractivity contribution in [2.45, 2.75) is 26.2 Å². The van der Waals surface area contributed by atoms with Crippen molar-refractivity contribution in [2.75, 3.05) is 32.8 Å². The maximum atomic E-state index is 12.3. The lowest BCUT2D eigenvalue weighted by atomic mass is 9.99. The van der Waals surface area contributed by atoms with Crippen LogP contribution in [-0.4, -0.2) is 43.6 Å². The van der Waals surface area contributed by atoms with Crippen molar-refractivity contribution in [3.63, 3.8) is 0 Å². The number of rotatable bonds is 5. The predicted octanol–water partition coefficient (Wildman–Crippen LogP) is 3.35. The summed E-state index contributed by atoms with van der Waals surface area (Å²) in [6.07, 6.45) is 5.43. The third-order valence-corrected chi connectivity index (χ3v) is 5.02. The van der Waals surface area contributed by atoms with Gasteiger partial charge in [-0.25, -0.2) is 0 Å². The van der Waals surface area contributed by atoms with Crippen LogP contribution in [0, 0.1) is 5.92 Å². The zero-order valence-electron chi connectivity index (χ0n) is 14.2. The molecular weight excluding hydrogens is 324 g/mol. The number of amides is 1. The molecule has 3 rings (SSSR count). The van der Waals surface area contributed by atoms with E-state index in [1.165, 1.54) is 25.9 Å². The zero-order chi connectivity index (χ0) is 16.9. The second-order valence-corrected chi connectivity index (χ2v) is 7.21. The van der Waals surface area contributed by atoms with Crippen LogP contribution in [0.2, 0.25) is 5.02 Å². The minimum atomic E-state index is -0.0482. The van der Waals surface area contributed by atoms with Crippen molar-refractivity contribution in [3.05, 3.63) is 34.4 Å². The van der Waals surface area contributed by atoms with E-state index in [-0.39, 0.29) is 5.91 Å². The molecule has 0 spiro atoms. The molecule has 0 radical (unpaired) electrons. The van der Waals surface area contributed by atoms with Crippen LogP contribution in [0.25, 0.3) is 6.08 Å². The Balaban J connectivity index is 1.44. The maximum absolute atomic E-state index is 12.3. The number of nitrogens with zero attached hydrogens (tertiary/aromatic N) is 1. The normalized spacial score (nSPS) is 18.5. The summed E-state index contributed by atoms with van der Waals surface area (Å²) >= 11 is 6.00. The molecule has 1 fully saturated rings. The number of likely N-dealkylation sites (tertiary alicyclic amines) is 1. The Kier molecular flexibility index (Phi) is 5.80. The molecule has 0 aliphatic carbocycles. The van der Waals surface area contributed by atoms with E-state index in [1.807, 2.05) is 18.2 Å². The average molecular weight is 349 g/mol. The average Bonchev–Trinajstić information content (AvgIpc) is 2.59. The van der Waals surface area contributed by atoms with Crippen molar-refractivity contribution >= 4 is 23.6 Å². The first-order valence-electron chi connectivity index (χ1n) is 8.75. The number of halogens is 1. The van der Waals surface area contributed by atoms with Crippen LogP contribution in [0.15, 0.2) is 23.8 Å². The van der Waals surface area contributed by atoms with E-state index in [0.717, 1.165) is 30.2 Å². The summed E-state index contributed by atoms with van der Waals surface area (Å²) in [4.78, 5) is 14.8. The van der Waals surface area contributed by atoms with Gasteiger partial charge in [0.15, 0.2) is 0 Å². The highest BCUT2D eigenvalue weighted by molar-refractivity contribution is 6.30. The Morgan fingerprint density at radius 2 is 2.17 bits per heavy atom. The number of carbonyl (C=O) groups is 1. The van der Waals surface area contributed by atoms with Gasteiger partial charge in [-0.3, -0.25) is 4.79 Å². The molecule has 5 heteroatoms. The van der Waals surface area contributed by atoms with Gasteiger partial charge in [0, 0.05) is 17.1 Å². The minimum absolute atomic E-state index is 0.0482. The quantitative estimate of drug-likeness (QED) is 0.830. The Morgan fingerprint density at radius 3 is 2.96 bits per heavy atom. The lowest BCUT2D eigenvalue weighted by Gasteiger charge is -2.30. The molecular formula is C19H25ClN2O2. The first kappa shape index (κ1) is 17.3. The first-order chi connectivity index (χ1) is 11.6. The summed E-state index contributed by atoms with van der Waals surface area (Å²) in [5, 5.41) is 3.64. The van der Waals surface area contributed by atoms with Gasteiger partial charge in [-0.2, -0.15) is 0 Å². The van der Waals surface area contributed by atoms with Crippen molar-refractivity contribution in [2.24, 2.45) is 5.92 Å². The Bertz CT molecular complexity index is 622. The molecule has 24 heavy (non-hydrogen) atoms. The van der Waals surface area contributed by atoms with E-state index in [4.69, 9.17) is 16.3 Å². The molecule has 0 bridgehead atoms. The number of ether oxygens (including phenoxy) is 1. The molecule has 2 aliphatic heterocycles. The van der Waals surface area contributed by atoms with E-state index in [0.29, 0.717) is 23.7 Å². The van der Waals surface area contributed by atoms with E-state index in [9.17, 15) is 4.79 Å². The molecule has 1 aromatic rings. The van der Waals surface area contributed by atoms with Crippen LogP contribution < -0.4 is 10.1 Å². The number of fused-ring (bicyclic) bond motifs is 1. The molecule has 130 valence electrons. The third kappa shape index (κ3) is 4.52. The van der Waals surface area contributed by atoms with Gasteiger partial charge < -0.3 is 15.0 Å². The zero-order valence-corrected chi connectivity index (χ0v) is 14.9. The van der Waals surface area contributed by atoms with Gasteiger partial charge in [-0.05, 0) is 69.1 Å². The lowest BCUT2D eigenvalue weighted by molar-refractivity contribution is -0.117. The maximum Gasteiger partial charge on any atom is 0.250 e. The second-order valence-electron chi connectivity index (χ2n) is 6.77. The topological polar surface area (TPSA) is 41.6 Å². The smallest absolute Gasteiger partial charge is 0.250 e. The number of hydrogen-bond donors (Lipinski definition) is 1. The van der Waals surface area contributed by atoms with Crippen LogP contribution in [-0.2, 0) is 4.79 Å². The highest BCUT2D eigenvalue weighted by Gasteiger charge is 2.18. The molecule has 0 unspecified atom stereocenters. The summed E-state index contributed by atoms with van der Waals surface area (Å²) in [6, 6.07) is 5.45. The van der Waals surface area contributed by atoms with Crippen LogP contribution in [0.4, 0.5) is 0 Å².